The highest BCUT2D eigenvalue weighted by Crippen LogP contribution is 2.40. The summed E-state index contributed by atoms with van der Waals surface area (Å²) in [6.45, 7) is 1.90. The van der Waals surface area contributed by atoms with Gasteiger partial charge in [0.05, 0.1) is 42.6 Å². The van der Waals surface area contributed by atoms with Gasteiger partial charge in [-0.05, 0) is 36.8 Å². The van der Waals surface area contributed by atoms with Gasteiger partial charge in [-0.1, -0.05) is 42.5 Å². The Labute approximate surface area is 191 Å². The lowest BCUT2D eigenvalue weighted by molar-refractivity contribution is -0.113. The average molecular weight is 441 g/mol. The fourth-order valence-electron chi connectivity index (χ4n) is 4.30. The number of nitrogens with one attached hydrogen (secondary N) is 2. The van der Waals surface area contributed by atoms with Gasteiger partial charge in [-0.2, -0.15) is 0 Å². The number of anilines is 2. The molecule has 0 aliphatic carbocycles. The van der Waals surface area contributed by atoms with Crippen molar-refractivity contribution < 1.29 is 14.3 Å². The van der Waals surface area contributed by atoms with Crippen LogP contribution in [0.2, 0.25) is 0 Å². The molecular formula is C26H24N4O3. The maximum Gasteiger partial charge on any atom is 0.255 e. The number of amides is 1. The zero-order chi connectivity index (χ0) is 22.9. The lowest BCUT2D eigenvalue weighted by Crippen LogP contribution is -2.31. The van der Waals surface area contributed by atoms with Crippen molar-refractivity contribution in [2.75, 3.05) is 24.9 Å². The Morgan fingerprint density at radius 2 is 1.76 bits per heavy atom. The van der Waals surface area contributed by atoms with Gasteiger partial charge in [0.2, 0.25) is 5.95 Å². The zero-order valence-electron chi connectivity index (χ0n) is 18.6. The second-order valence-corrected chi connectivity index (χ2v) is 7.79. The number of rotatable bonds is 5. The monoisotopic (exact) mass is 440 g/mol. The fourth-order valence-corrected chi connectivity index (χ4v) is 4.30. The first-order chi connectivity index (χ1) is 16.1. The number of ether oxygens (including phenoxy) is 2. The molecule has 7 nitrogen and oxygen atoms in total. The van der Waals surface area contributed by atoms with Gasteiger partial charge in [0.1, 0.15) is 11.5 Å². The number of nitrogens with zero attached hydrogens (tertiary/aromatic N) is 2. The van der Waals surface area contributed by atoms with E-state index in [4.69, 9.17) is 14.5 Å². The first-order valence-electron chi connectivity index (χ1n) is 10.6. The molecule has 4 aromatic rings. The molecule has 1 unspecified atom stereocenters. The predicted molar refractivity (Wildman–Crippen MR) is 129 cm³/mol. The number of methoxy groups -OCH3 is 2. The molecule has 7 heteroatoms. The Morgan fingerprint density at radius 1 is 1.00 bits per heavy atom. The van der Waals surface area contributed by atoms with E-state index in [9.17, 15) is 4.79 Å². The van der Waals surface area contributed by atoms with Gasteiger partial charge in [-0.25, -0.2) is 4.98 Å². The van der Waals surface area contributed by atoms with E-state index in [0.29, 0.717) is 28.7 Å². The first kappa shape index (κ1) is 20.6. The van der Waals surface area contributed by atoms with Crippen molar-refractivity contribution in [3.63, 3.8) is 0 Å². The smallest absolute Gasteiger partial charge is 0.255 e. The number of carbonyl (C=O) groups excluding carboxylic acids is 1. The van der Waals surface area contributed by atoms with E-state index in [1.807, 2.05) is 61.5 Å². The lowest BCUT2D eigenvalue weighted by atomic mass is 9.94. The third-order valence-electron chi connectivity index (χ3n) is 5.85. The van der Waals surface area contributed by atoms with E-state index >= 15 is 0 Å². The highest BCUT2D eigenvalue weighted by Gasteiger charge is 2.34. The van der Waals surface area contributed by atoms with E-state index < -0.39 is 0 Å². The second kappa shape index (κ2) is 8.35. The summed E-state index contributed by atoms with van der Waals surface area (Å²) >= 11 is 0. The molecule has 0 fully saturated rings. The molecule has 0 bridgehead atoms. The van der Waals surface area contributed by atoms with Crippen molar-refractivity contribution in [2.45, 2.75) is 13.0 Å². The third-order valence-corrected chi connectivity index (χ3v) is 5.85. The van der Waals surface area contributed by atoms with Crippen LogP contribution in [-0.4, -0.2) is 29.7 Å². The number of benzene rings is 3. The first-order valence-corrected chi connectivity index (χ1v) is 10.6. The van der Waals surface area contributed by atoms with Crippen molar-refractivity contribution in [1.29, 1.82) is 0 Å². The van der Waals surface area contributed by atoms with Crippen molar-refractivity contribution in [2.24, 2.45) is 0 Å². The van der Waals surface area contributed by atoms with Crippen molar-refractivity contribution in [3.8, 4) is 11.5 Å². The molecule has 0 saturated carbocycles. The average Bonchev–Trinajstić information content (AvgIpc) is 3.21. The van der Waals surface area contributed by atoms with Crippen LogP contribution in [0.4, 0.5) is 11.6 Å². The van der Waals surface area contributed by atoms with Crippen LogP contribution in [0.25, 0.3) is 11.0 Å². The van der Waals surface area contributed by atoms with Crippen LogP contribution in [0.1, 0.15) is 18.5 Å². The van der Waals surface area contributed by atoms with E-state index in [2.05, 4.69) is 15.2 Å². The highest BCUT2D eigenvalue weighted by atomic mass is 16.5. The Morgan fingerprint density at radius 3 is 2.52 bits per heavy atom. The highest BCUT2D eigenvalue weighted by molar-refractivity contribution is 6.07. The molecule has 2 N–H and O–H groups in total. The molecule has 166 valence electrons. The Balaban J connectivity index is 1.62. The summed E-state index contributed by atoms with van der Waals surface area (Å²) in [5, 5.41) is 6.36. The van der Waals surface area contributed by atoms with E-state index in [1.165, 1.54) is 0 Å². The van der Waals surface area contributed by atoms with Crippen LogP contribution >= 0.6 is 0 Å². The number of hydrogen-bond acceptors (Lipinski definition) is 5. The number of hydrogen-bond donors (Lipinski definition) is 2. The zero-order valence-corrected chi connectivity index (χ0v) is 18.6. The summed E-state index contributed by atoms with van der Waals surface area (Å²) < 4.78 is 12.8. The molecule has 0 spiro atoms. The van der Waals surface area contributed by atoms with Crippen LogP contribution in [0.5, 0.6) is 11.5 Å². The van der Waals surface area contributed by atoms with E-state index in [-0.39, 0.29) is 11.9 Å². The van der Waals surface area contributed by atoms with Crippen LogP contribution < -0.4 is 20.1 Å². The quantitative estimate of drug-likeness (QED) is 0.458. The van der Waals surface area contributed by atoms with Gasteiger partial charge in [0, 0.05) is 11.8 Å². The normalized spacial score (nSPS) is 15.1. The standard InChI is InChI=1S/C26H24N4O3/c1-16-23(25(31)28-20-14-13-18(32-2)15-22(20)33-3)24(17-9-5-4-6-10-17)30-21-12-8-7-11-19(21)29-26(30)27-16/h4-15,24H,1-3H3,(H,27,29)(H,28,31). The van der Waals surface area contributed by atoms with Crippen LogP contribution in [0, 0.1) is 0 Å². The largest absolute Gasteiger partial charge is 0.497 e. The van der Waals surface area contributed by atoms with Crippen LogP contribution in [0.3, 0.4) is 0 Å². The Kier molecular flexibility index (Phi) is 5.22. The number of aromatic nitrogens is 2. The van der Waals surface area contributed by atoms with Gasteiger partial charge in [-0.3, -0.25) is 9.36 Å². The van der Waals surface area contributed by atoms with Crippen LogP contribution in [-0.2, 0) is 4.79 Å². The molecule has 1 aliphatic rings. The summed E-state index contributed by atoms with van der Waals surface area (Å²) in [6, 6.07) is 22.9. The third kappa shape index (κ3) is 3.57. The van der Waals surface area contributed by atoms with Gasteiger partial charge in [-0.15, -0.1) is 0 Å². The van der Waals surface area contributed by atoms with Crippen molar-refractivity contribution in [1.82, 2.24) is 9.55 Å². The van der Waals surface area contributed by atoms with E-state index in [1.54, 1.807) is 32.4 Å². The van der Waals surface area contributed by atoms with Crippen LogP contribution in [0.15, 0.2) is 84.1 Å². The predicted octanol–water partition coefficient (Wildman–Crippen LogP) is 4.98. The second-order valence-electron chi connectivity index (χ2n) is 7.79. The summed E-state index contributed by atoms with van der Waals surface area (Å²) in [5.74, 6) is 1.66. The molecular weight excluding hydrogens is 416 g/mol. The maximum atomic E-state index is 13.7. The van der Waals surface area contributed by atoms with E-state index in [0.717, 1.165) is 22.3 Å². The number of allylic oxidation sites excluding steroid dienone is 1. The SMILES string of the molecule is COc1ccc(NC(=O)C2=C(C)Nc3nc4ccccc4n3C2c2ccccc2)c(OC)c1. The Bertz CT molecular complexity index is 1380. The molecule has 0 saturated heterocycles. The summed E-state index contributed by atoms with van der Waals surface area (Å²) in [4.78, 5) is 18.5. The minimum absolute atomic E-state index is 0.222. The van der Waals surface area contributed by atoms with Gasteiger partial charge in [0.15, 0.2) is 0 Å². The number of imidazole rings is 1. The molecule has 33 heavy (non-hydrogen) atoms. The fraction of sp³-hybridized carbons (Fsp3) is 0.154. The molecule has 1 aromatic heterocycles. The summed E-state index contributed by atoms with van der Waals surface area (Å²) in [5.41, 5.74) is 4.73. The molecule has 3 aromatic carbocycles. The minimum Gasteiger partial charge on any atom is -0.497 e. The maximum absolute atomic E-state index is 13.7. The molecule has 0 radical (unpaired) electrons. The molecule has 5 rings (SSSR count). The summed E-state index contributed by atoms with van der Waals surface area (Å²) in [6.07, 6.45) is 0. The van der Waals surface area contributed by atoms with Gasteiger partial charge >= 0.3 is 0 Å². The van der Waals surface area contributed by atoms with Gasteiger partial charge < -0.3 is 20.1 Å². The molecule has 1 atom stereocenters. The number of fused-ring (bicyclic) bond motifs is 3. The topological polar surface area (TPSA) is 77.4 Å². The molecule has 2 heterocycles. The Hall–Kier alpha value is -4.26. The van der Waals surface area contributed by atoms with Crippen molar-refractivity contribution >= 4 is 28.6 Å². The lowest BCUT2D eigenvalue weighted by Gasteiger charge is -2.30. The minimum atomic E-state index is -0.348. The van der Waals surface area contributed by atoms with Crippen molar-refractivity contribution in [3.05, 3.63) is 89.6 Å². The summed E-state index contributed by atoms with van der Waals surface area (Å²) in [7, 11) is 3.15. The number of para-hydroxylation sites is 2. The molecule has 1 aliphatic heterocycles. The van der Waals surface area contributed by atoms with Gasteiger partial charge in [0.25, 0.3) is 5.91 Å². The number of carbonyl (C=O) groups is 1. The molecule has 1 amide bonds.